The van der Waals surface area contributed by atoms with Crippen LogP contribution in [0.3, 0.4) is 0 Å². The van der Waals surface area contributed by atoms with Crippen molar-refractivity contribution in [1.29, 1.82) is 0 Å². The number of halogens is 1. The van der Waals surface area contributed by atoms with E-state index in [1.165, 1.54) is 57.1 Å². The number of hydrogen-bond acceptors (Lipinski definition) is 11. The highest BCUT2D eigenvalue weighted by Crippen LogP contribution is 2.30. The molecule has 0 bridgehead atoms. The van der Waals surface area contributed by atoms with Crippen LogP contribution in [0.1, 0.15) is 32.7 Å². The van der Waals surface area contributed by atoms with Crippen molar-refractivity contribution in [2.75, 3.05) is 50.2 Å². The molecule has 0 N–H and O–H groups in total. The SMILES string of the molecule is COC(=O)c1cc(C(=O)OC)cc(N2C(=O)CC(N3CCN(c4nc5c(c(=O)n(C)c(=O)n5C)n4Cc4ccccc4F)CC3)C2=O)c1. The predicted octanol–water partition coefficient (Wildman–Crippen LogP) is 0.648. The van der Waals surface area contributed by atoms with Gasteiger partial charge in [0.1, 0.15) is 5.82 Å². The molecule has 0 spiro atoms. The molecule has 0 radical (unpaired) electrons. The standard InChI is InChI=1S/C32H32FN7O8/c1-35-26-25(28(43)36(2)32(35)46)39(17-18-7-5-6-8-22(18)33)31(34-26)38-11-9-37(10-12-38)23-16-24(41)40(27(23)42)21-14-19(29(44)47-3)13-20(15-21)30(45)48-4/h5-8,13-15,23H,9-12,16-17H2,1-4H3. The van der Waals surface area contributed by atoms with E-state index in [2.05, 4.69) is 4.98 Å². The third-order valence-corrected chi connectivity index (χ3v) is 8.79. The van der Waals surface area contributed by atoms with Gasteiger partial charge in [-0.15, -0.1) is 0 Å². The first-order chi connectivity index (χ1) is 22.9. The number of ether oxygens (including phenoxy) is 2. The number of aryl methyl sites for hydroxylation is 1. The summed E-state index contributed by atoms with van der Waals surface area (Å²) in [4.78, 5) is 87.0. The van der Waals surface area contributed by atoms with E-state index in [1.54, 1.807) is 22.8 Å². The van der Waals surface area contributed by atoms with Crippen molar-refractivity contribution < 1.29 is 33.0 Å². The largest absolute Gasteiger partial charge is 0.465 e. The van der Waals surface area contributed by atoms with Crippen molar-refractivity contribution in [2.45, 2.75) is 19.0 Å². The van der Waals surface area contributed by atoms with Crippen LogP contribution in [-0.4, -0.2) is 93.8 Å². The summed E-state index contributed by atoms with van der Waals surface area (Å²) >= 11 is 0. The van der Waals surface area contributed by atoms with Gasteiger partial charge in [0, 0.05) is 45.8 Å². The first-order valence-electron chi connectivity index (χ1n) is 15.0. The summed E-state index contributed by atoms with van der Waals surface area (Å²) in [7, 11) is 5.22. The zero-order valence-corrected chi connectivity index (χ0v) is 26.6. The second-order valence-corrected chi connectivity index (χ2v) is 11.5. The minimum atomic E-state index is -0.812. The minimum absolute atomic E-state index is 0.0189. The smallest absolute Gasteiger partial charge is 0.337 e. The van der Waals surface area contributed by atoms with Gasteiger partial charge in [-0.25, -0.2) is 23.7 Å². The van der Waals surface area contributed by atoms with E-state index in [9.17, 15) is 33.2 Å². The number of nitrogens with zero attached hydrogens (tertiary/aromatic N) is 7. The number of fused-ring (bicyclic) bond motifs is 1. The molecule has 4 aromatic rings. The van der Waals surface area contributed by atoms with Crippen LogP contribution in [0.5, 0.6) is 0 Å². The molecule has 2 aliphatic rings. The molecule has 0 aliphatic carbocycles. The molecular formula is C32H32FN7O8. The van der Waals surface area contributed by atoms with Crippen molar-refractivity contribution >= 4 is 46.6 Å². The Morgan fingerprint density at radius 2 is 1.52 bits per heavy atom. The van der Waals surface area contributed by atoms with Gasteiger partial charge in [0.25, 0.3) is 11.5 Å². The van der Waals surface area contributed by atoms with Gasteiger partial charge in [-0.2, -0.15) is 4.98 Å². The maximum atomic E-state index is 14.8. The zero-order valence-electron chi connectivity index (χ0n) is 26.6. The van der Waals surface area contributed by atoms with Crippen LogP contribution >= 0.6 is 0 Å². The van der Waals surface area contributed by atoms with E-state index >= 15 is 0 Å². The molecule has 4 heterocycles. The number of amides is 2. The third-order valence-electron chi connectivity index (χ3n) is 8.79. The Kier molecular flexibility index (Phi) is 8.43. The molecule has 1 atom stereocenters. The predicted molar refractivity (Wildman–Crippen MR) is 170 cm³/mol. The van der Waals surface area contributed by atoms with E-state index in [-0.39, 0.29) is 40.9 Å². The Morgan fingerprint density at radius 3 is 2.12 bits per heavy atom. The molecule has 48 heavy (non-hydrogen) atoms. The normalized spacial score (nSPS) is 17.0. The fraction of sp³-hybridized carbons (Fsp3) is 0.344. The highest BCUT2D eigenvalue weighted by Gasteiger charge is 2.44. The first kappa shape index (κ1) is 32.3. The number of hydrogen-bond donors (Lipinski definition) is 0. The fourth-order valence-corrected chi connectivity index (χ4v) is 6.24. The topological polar surface area (TPSA) is 158 Å². The number of carbonyl (C=O) groups excluding carboxylic acids is 4. The van der Waals surface area contributed by atoms with E-state index in [0.717, 1.165) is 9.47 Å². The monoisotopic (exact) mass is 661 g/mol. The molecule has 2 amide bonds. The van der Waals surface area contributed by atoms with Gasteiger partial charge in [-0.3, -0.25) is 33.0 Å². The molecular weight excluding hydrogens is 629 g/mol. The second kappa shape index (κ2) is 12.5. The molecule has 2 aromatic heterocycles. The summed E-state index contributed by atoms with van der Waals surface area (Å²) in [6, 6.07) is 9.26. The number of anilines is 2. The number of imidazole rings is 1. The lowest BCUT2D eigenvalue weighted by molar-refractivity contribution is -0.123. The third kappa shape index (κ3) is 5.42. The number of benzene rings is 2. The minimum Gasteiger partial charge on any atom is -0.465 e. The lowest BCUT2D eigenvalue weighted by atomic mass is 10.1. The number of piperazine rings is 1. The van der Waals surface area contributed by atoms with Crippen molar-refractivity contribution in [3.63, 3.8) is 0 Å². The zero-order chi connectivity index (χ0) is 34.4. The Morgan fingerprint density at radius 1 is 0.896 bits per heavy atom. The molecule has 250 valence electrons. The van der Waals surface area contributed by atoms with Crippen LogP contribution in [0, 0.1) is 5.82 Å². The molecule has 2 aliphatic heterocycles. The van der Waals surface area contributed by atoms with Gasteiger partial charge in [-0.05, 0) is 24.3 Å². The molecule has 16 heteroatoms. The quantitative estimate of drug-likeness (QED) is 0.202. The summed E-state index contributed by atoms with van der Waals surface area (Å²) in [5.74, 6) is -2.64. The van der Waals surface area contributed by atoms with Crippen molar-refractivity contribution in [3.05, 3.63) is 85.8 Å². The summed E-state index contributed by atoms with van der Waals surface area (Å²) in [5.41, 5.74) is -0.499. The fourth-order valence-electron chi connectivity index (χ4n) is 6.24. The van der Waals surface area contributed by atoms with Crippen LogP contribution in [0.4, 0.5) is 16.0 Å². The van der Waals surface area contributed by atoms with Crippen LogP contribution in [0.25, 0.3) is 11.2 Å². The van der Waals surface area contributed by atoms with Gasteiger partial charge in [0.15, 0.2) is 11.2 Å². The number of carbonyl (C=O) groups is 4. The Hall–Kier alpha value is -5.64. The number of rotatable bonds is 7. The van der Waals surface area contributed by atoms with Crippen LogP contribution in [0.15, 0.2) is 52.1 Å². The number of methoxy groups -OCH3 is 2. The molecule has 1 unspecified atom stereocenters. The summed E-state index contributed by atoms with van der Waals surface area (Å²) in [5, 5.41) is 0. The van der Waals surface area contributed by atoms with Crippen LogP contribution < -0.4 is 21.0 Å². The Labute approximate surface area is 272 Å². The maximum absolute atomic E-state index is 14.8. The van der Waals surface area contributed by atoms with E-state index < -0.39 is 46.9 Å². The average molecular weight is 662 g/mol. The van der Waals surface area contributed by atoms with Gasteiger partial charge in [0.05, 0.1) is 50.0 Å². The van der Waals surface area contributed by atoms with Crippen LogP contribution in [0.2, 0.25) is 0 Å². The molecule has 15 nitrogen and oxygen atoms in total. The second-order valence-electron chi connectivity index (χ2n) is 11.5. The lowest BCUT2D eigenvalue weighted by Crippen LogP contribution is -2.53. The van der Waals surface area contributed by atoms with Crippen LogP contribution in [-0.2, 0) is 39.7 Å². The number of imide groups is 1. The molecule has 2 aromatic carbocycles. The average Bonchev–Trinajstić information content (AvgIpc) is 3.62. The number of esters is 2. The molecule has 2 fully saturated rings. The molecule has 0 saturated carbocycles. The summed E-state index contributed by atoms with van der Waals surface area (Å²) in [6.45, 7) is 1.29. The van der Waals surface area contributed by atoms with E-state index in [4.69, 9.17) is 9.47 Å². The van der Waals surface area contributed by atoms with Crippen molar-refractivity contribution in [1.82, 2.24) is 23.6 Å². The van der Waals surface area contributed by atoms with Crippen molar-refractivity contribution in [3.8, 4) is 0 Å². The highest BCUT2D eigenvalue weighted by molar-refractivity contribution is 6.23. The Bertz CT molecular complexity index is 2080. The van der Waals surface area contributed by atoms with Gasteiger partial charge < -0.3 is 14.4 Å². The Balaban J connectivity index is 1.28. The van der Waals surface area contributed by atoms with Gasteiger partial charge in [-0.1, -0.05) is 18.2 Å². The number of aromatic nitrogens is 4. The van der Waals surface area contributed by atoms with Gasteiger partial charge >= 0.3 is 17.6 Å². The first-order valence-corrected chi connectivity index (χ1v) is 15.0. The summed E-state index contributed by atoms with van der Waals surface area (Å²) < 4.78 is 28.2. The summed E-state index contributed by atoms with van der Waals surface area (Å²) in [6.07, 6.45) is -0.126. The highest BCUT2D eigenvalue weighted by atomic mass is 19.1. The van der Waals surface area contributed by atoms with Crippen molar-refractivity contribution in [2.24, 2.45) is 14.1 Å². The molecule has 2 saturated heterocycles. The van der Waals surface area contributed by atoms with Gasteiger partial charge in [0.2, 0.25) is 11.9 Å². The molecule has 6 rings (SSSR count). The van der Waals surface area contributed by atoms with E-state index in [0.29, 0.717) is 37.7 Å². The maximum Gasteiger partial charge on any atom is 0.337 e. The van der Waals surface area contributed by atoms with E-state index in [1.807, 2.05) is 9.80 Å². The lowest BCUT2D eigenvalue weighted by Gasteiger charge is -2.37.